The molecule has 3 aliphatic rings. The van der Waals surface area contributed by atoms with E-state index in [4.69, 9.17) is 0 Å². The Bertz CT molecular complexity index is 2370. The third kappa shape index (κ3) is 2.99. The van der Waals surface area contributed by atoms with Crippen LogP contribution in [0.25, 0.3) is 49.4 Å². The van der Waals surface area contributed by atoms with E-state index in [1.165, 1.54) is 81.5 Å². The van der Waals surface area contributed by atoms with Crippen LogP contribution in [0.2, 0.25) is 0 Å². The third-order valence-corrected chi connectivity index (χ3v) is 11.1. The molecule has 2 heterocycles. The summed E-state index contributed by atoms with van der Waals surface area (Å²) < 4.78 is 2.49. The van der Waals surface area contributed by atoms with Gasteiger partial charge in [-0.15, -0.1) is 0 Å². The Morgan fingerprint density at radius 2 is 1.40 bits per heavy atom. The zero-order chi connectivity index (χ0) is 28.1. The van der Waals surface area contributed by atoms with Crippen molar-refractivity contribution in [3.63, 3.8) is 0 Å². The van der Waals surface area contributed by atoms with Crippen LogP contribution in [0.4, 0.5) is 0 Å². The first-order valence-corrected chi connectivity index (χ1v) is 16.0. The minimum atomic E-state index is -0.339. The predicted octanol–water partition coefficient (Wildman–Crippen LogP) is 11.0. The maximum absolute atomic E-state index is 2.55. The number of hydrogen-bond acceptors (Lipinski definition) is 1. The first kappa shape index (κ1) is 23.7. The summed E-state index contributed by atoms with van der Waals surface area (Å²) in [6.07, 6.45) is 7.04. The van der Waals surface area contributed by atoms with Gasteiger partial charge in [-0.2, -0.15) is 0 Å². The molecule has 0 fully saturated rings. The molecule has 1 nitrogen and oxygen atoms in total. The summed E-state index contributed by atoms with van der Waals surface area (Å²) in [5.74, 6) is 0. The van der Waals surface area contributed by atoms with E-state index in [1.54, 1.807) is 0 Å². The number of aromatic nitrogens is 1. The monoisotopic (exact) mass is 565 g/mol. The van der Waals surface area contributed by atoms with Crippen LogP contribution in [-0.4, -0.2) is 4.57 Å². The number of fused-ring (bicyclic) bond motifs is 13. The minimum absolute atomic E-state index is 0.339. The zero-order valence-corrected chi connectivity index (χ0v) is 24.4. The Morgan fingerprint density at radius 1 is 0.605 bits per heavy atom. The summed E-state index contributed by atoms with van der Waals surface area (Å²) in [6, 6.07) is 47.7. The second kappa shape index (κ2) is 8.63. The van der Waals surface area contributed by atoms with Crippen molar-refractivity contribution >= 4 is 44.3 Å². The highest BCUT2D eigenvalue weighted by atomic mass is 32.2. The molecule has 0 amide bonds. The van der Waals surface area contributed by atoms with Crippen LogP contribution in [0, 0.1) is 0 Å². The molecule has 202 valence electrons. The molecular formula is C41H27NS. The molecule has 0 N–H and O–H groups in total. The van der Waals surface area contributed by atoms with Crippen molar-refractivity contribution in [2.24, 2.45) is 0 Å². The van der Waals surface area contributed by atoms with Gasteiger partial charge in [-0.3, -0.25) is 0 Å². The van der Waals surface area contributed by atoms with E-state index in [9.17, 15) is 0 Å². The molecule has 10 rings (SSSR count). The van der Waals surface area contributed by atoms with Crippen LogP contribution in [-0.2, 0) is 5.41 Å². The molecule has 6 aromatic carbocycles. The van der Waals surface area contributed by atoms with Crippen molar-refractivity contribution in [1.82, 2.24) is 4.57 Å². The number of hydrogen-bond donors (Lipinski definition) is 0. The van der Waals surface area contributed by atoms with Crippen LogP contribution >= 0.6 is 11.8 Å². The second-order valence-electron chi connectivity index (χ2n) is 11.9. The average molecular weight is 566 g/mol. The molecule has 1 unspecified atom stereocenters. The number of rotatable bonds is 1. The Hall–Kier alpha value is -4.79. The summed E-state index contributed by atoms with van der Waals surface area (Å²) in [6.45, 7) is 0. The second-order valence-corrected chi connectivity index (χ2v) is 13.1. The van der Waals surface area contributed by atoms with E-state index in [0.717, 1.165) is 12.8 Å². The van der Waals surface area contributed by atoms with E-state index in [0.29, 0.717) is 0 Å². The minimum Gasteiger partial charge on any atom is -0.309 e. The molecule has 2 aliphatic carbocycles. The SMILES string of the molecule is C1=CC2=C(CC1)Sc1ccccc1C21c2ccccc2-c2cc3c4c5ccccc5ccc4n(-c4ccccc4)c3cc21. The smallest absolute Gasteiger partial charge is 0.0732 e. The lowest BCUT2D eigenvalue weighted by Gasteiger charge is -2.41. The third-order valence-electron chi connectivity index (χ3n) is 9.88. The molecule has 1 aliphatic heterocycles. The van der Waals surface area contributed by atoms with Gasteiger partial charge in [-0.25, -0.2) is 0 Å². The normalized spacial score (nSPS) is 18.3. The van der Waals surface area contributed by atoms with E-state index in [1.807, 2.05) is 11.8 Å². The highest BCUT2D eigenvalue weighted by Gasteiger charge is 2.51. The van der Waals surface area contributed by atoms with Crippen molar-refractivity contribution in [3.05, 3.63) is 167 Å². The Kier molecular flexibility index (Phi) is 4.76. The van der Waals surface area contributed by atoms with E-state index in [2.05, 4.69) is 144 Å². The lowest BCUT2D eigenvalue weighted by molar-refractivity contribution is 0.724. The first-order valence-electron chi connectivity index (χ1n) is 15.2. The fraction of sp³-hybridized carbons (Fsp3) is 0.0732. The number of para-hydroxylation sites is 1. The first-order chi connectivity index (χ1) is 21.3. The molecule has 0 radical (unpaired) electrons. The molecule has 7 aromatic rings. The van der Waals surface area contributed by atoms with E-state index < -0.39 is 0 Å². The standard InChI is InChI=1S/C41H27NS/c1-2-13-27(14-3-1)42-36-23-22-26-12-4-5-15-28(26)40(36)31-24-30-29-16-6-7-17-32(29)41(35(30)25-37(31)42)33-18-8-10-20-38(33)43-39-21-11-9-19-34(39)41/h1-10,12-20,22-25H,11,21H2. The van der Waals surface area contributed by atoms with Gasteiger partial charge in [0.25, 0.3) is 0 Å². The summed E-state index contributed by atoms with van der Waals surface area (Å²) in [7, 11) is 0. The Labute approximate surface area is 254 Å². The van der Waals surface area contributed by atoms with Gasteiger partial charge >= 0.3 is 0 Å². The van der Waals surface area contributed by atoms with Gasteiger partial charge in [0.1, 0.15) is 0 Å². The molecule has 1 spiro atoms. The highest BCUT2D eigenvalue weighted by molar-refractivity contribution is 8.03. The van der Waals surface area contributed by atoms with Gasteiger partial charge < -0.3 is 4.57 Å². The van der Waals surface area contributed by atoms with Gasteiger partial charge in [-0.05, 0) is 98.3 Å². The van der Waals surface area contributed by atoms with Crippen molar-refractivity contribution in [3.8, 4) is 16.8 Å². The van der Waals surface area contributed by atoms with E-state index >= 15 is 0 Å². The molecule has 1 atom stereocenters. The Balaban J connectivity index is 1.43. The molecular weight excluding hydrogens is 539 g/mol. The van der Waals surface area contributed by atoms with Gasteiger partial charge in [-0.1, -0.05) is 115 Å². The molecule has 0 bridgehead atoms. The topological polar surface area (TPSA) is 4.93 Å². The molecule has 43 heavy (non-hydrogen) atoms. The average Bonchev–Trinajstić information content (AvgIpc) is 3.55. The van der Waals surface area contributed by atoms with Gasteiger partial charge in [0.2, 0.25) is 0 Å². The lowest BCUT2D eigenvalue weighted by atomic mass is 9.65. The number of nitrogens with zero attached hydrogens (tertiary/aromatic N) is 1. The van der Waals surface area contributed by atoms with Crippen molar-refractivity contribution < 1.29 is 0 Å². The summed E-state index contributed by atoms with van der Waals surface area (Å²) in [4.78, 5) is 2.90. The maximum atomic E-state index is 2.55. The fourth-order valence-electron chi connectivity index (χ4n) is 8.22. The van der Waals surface area contributed by atoms with Gasteiger partial charge in [0.15, 0.2) is 0 Å². The number of allylic oxidation sites excluding steroid dienone is 4. The summed E-state index contributed by atoms with van der Waals surface area (Å²) in [5.41, 5.74) is 11.8. The summed E-state index contributed by atoms with van der Waals surface area (Å²) in [5, 5.41) is 5.23. The van der Waals surface area contributed by atoms with Gasteiger partial charge in [0, 0.05) is 21.4 Å². The quantitative estimate of drug-likeness (QED) is 0.192. The Morgan fingerprint density at radius 3 is 2.33 bits per heavy atom. The van der Waals surface area contributed by atoms with Crippen molar-refractivity contribution in [2.45, 2.75) is 23.2 Å². The van der Waals surface area contributed by atoms with Crippen LogP contribution in [0.1, 0.15) is 29.5 Å². The zero-order valence-electron chi connectivity index (χ0n) is 23.5. The van der Waals surface area contributed by atoms with E-state index in [-0.39, 0.29) is 5.41 Å². The maximum Gasteiger partial charge on any atom is 0.0732 e. The van der Waals surface area contributed by atoms with Crippen LogP contribution in [0.15, 0.2) is 155 Å². The molecule has 1 aromatic heterocycles. The lowest BCUT2D eigenvalue weighted by Crippen LogP contribution is -2.33. The highest BCUT2D eigenvalue weighted by Crippen LogP contribution is 2.63. The van der Waals surface area contributed by atoms with Crippen LogP contribution in [0.5, 0.6) is 0 Å². The number of thioether (sulfide) groups is 1. The molecule has 2 heteroatoms. The largest absolute Gasteiger partial charge is 0.309 e. The van der Waals surface area contributed by atoms with Crippen LogP contribution < -0.4 is 0 Å². The molecule has 0 saturated heterocycles. The van der Waals surface area contributed by atoms with Crippen molar-refractivity contribution in [1.29, 1.82) is 0 Å². The van der Waals surface area contributed by atoms with Crippen LogP contribution in [0.3, 0.4) is 0 Å². The van der Waals surface area contributed by atoms with Gasteiger partial charge in [0.05, 0.1) is 16.4 Å². The fourth-order valence-corrected chi connectivity index (χ4v) is 9.51. The molecule has 0 saturated carbocycles. The van der Waals surface area contributed by atoms with Crippen molar-refractivity contribution in [2.75, 3.05) is 0 Å². The number of benzene rings is 6. The predicted molar refractivity (Wildman–Crippen MR) is 181 cm³/mol. The summed E-state index contributed by atoms with van der Waals surface area (Å²) >= 11 is 1.98.